The molecule has 0 saturated heterocycles. The first-order valence-electron chi connectivity index (χ1n) is 10.5. The number of pyridine rings is 1. The van der Waals surface area contributed by atoms with Gasteiger partial charge in [0, 0.05) is 35.2 Å². The SMILES string of the molecule is C[C@@H](Sc1nnc(-c2ccncc2)n1-c1ccc(Cl)cc1)C(=O)NCc1ccc2c(c1)OCO2. The van der Waals surface area contributed by atoms with E-state index < -0.39 is 5.25 Å². The van der Waals surface area contributed by atoms with E-state index in [1.165, 1.54) is 11.8 Å². The Balaban J connectivity index is 1.34. The van der Waals surface area contributed by atoms with Crippen molar-refractivity contribution in [2.75, 3.05) is 6.79 Å². The zero-order chi connectivity index (χ0) is 23.5. The van der Waals surface area contributed by atoms with Crippen LogP contribution in [0.1, 0.15) is 12.5 Å². The number of hydrogen-bond acceptors (Lipinski definition) is 7. The van der Waals surface area contributed by atoms with Gasteiger partial charge in [0.1, 0.15) is 0 Å². The van der Waals surface area contributed by atoms with Crippen molar-refractivity contribution in [2.45, 2.75) is 23.9 Å². The fourth-order valence-electron chi connectivity index (χ4n) is 3.45. The molecule has 0 aliphatic carbocycles. The molecule has 0 fully saturated rings. The summed E-state index contributed by atoms with van der Waals surface area (Å²) < 4.78 is 12.7. The Morgan fingerprint density at radius 1 is 1.09 bits per heavy atom. The van der Waals surface area contributed by atoms with Gasteiger partial charge in [-0.15, -0.1) is 10.2 Å². The van der Waals surface area contributed by atoms with Crippen LogP contribution in [0.4, 0.5) is 0 Å². The average molecular weight is 494 g/mol. The molecule has 10 heteroatoms. The van der Waals surface area contributed by atoms with Crippen molar-refractivity contribution >= 4 is 29.3 Å². The Morgan fingerprint density at radius 2 is 1.85 bits per heavy atom. The maximum absolute atomic E-state index is 12.9. The van der Waals surface area contributed by atoms with E-state index in [4.69, 9.17) is 21.1 Å². The zero-order valence-electron chi connectivity index (χ0n) is 18.1. The van der Waals surface area contributed by atoms with Crippen molar-refractivity contribution in [1.29, 1.82) is 0 Å². The van der Waals surface area contributed by atoms with Crippen molar-refractivity contribution in [1.82, 2.24) is 25.1 Å². The van der Waals surface area contributed by atoms with Crippen LogP contribution in [-0.2, 0) is 11.3 Å². The van der Waals surface area contributed by atoms with Gasteiger partial charge in [0.05, 0.1) is 5.25 Å². The fraction of sp³-hybridized carbons (Fsp3) is 0.167. The summed E-state index contributed by atoms with van der Waals surface area (Å²) in [5, 5.41) is 12.6. The number of fused-ring (bicyclic) bond motifs is 1. The van der Waals surface area contributed by atoms with Crippen LogP contribution in [0.5, 0.6) is 11.5 Å². The summed E-state index contributed by atoms with van der Waals surface area (Å²) in [6.45, 7) is 2.44. The molecule has 0 spiro atoms. The van der Waals surface area contributed by atoms with Gasteiger partial charge in [-0.05, 0) is 61.0 Å². The molecule has 8 nitrogen and oxygen atoms in total. The smallest absolute Gasteiger partial charge is 0.233 e. The van der Waals surface area contributed by atoms with Crippen molar-refractivity contribution in [3.8, 4) is 28.6 Å². The van der Waals surface area contributed by atoms with Crippen LogP contribution in [-0.4, -0.2) is 37.7 Å². The molecular weight excluding hydrogens is 474 g/mol. The number of carbonyl (C=O) groups excluding carboxylic acids is 1. The maximum Gasteiger partial charge on any atom is 0.233 e. The number of benzene rings is 2. The Kier molecular flexibility index (Phi) is 6.37. The molecule has 34 heavy (non-hydrogen) atoms. The summed E-state index contributed by atoms with van der Waals surface area (Å²) in [4.78, 5) is 16.9. The van der Waals surface area contributed by atoms with Crippen LogP contribution in [0.15, 0.2) is 72.1 Å². The number of nitrogens with one attached hydrogen (secondary N) is 1. The molecule has 3 heterocycles. The molecule has 0 saturated carbocycles. The second kappa shape index (κ2) is 9.74. The molecule has 2 aromatic heterocycles. The third-order valence-corrected chi connectivity index (χ3v) is 6.51. The fourth-order valence-corrected chi connectivity index (χ4v) is 4.47. The maximum atomic E-state index is 12.9. The highest BCUT2D eigenvalue weighted by molar-refractivity contribution is 8.00. The van der Waals surface area contributed by atoms with Gasteiger partial charge in [0.15, 0.2) is 22.5 Å². The summed E-state index contributed by atoms with van der Waals surface area (Å²) >= 11 is 7.42. The highest BCUT2D eigenvalue weighted by Crippen LogP contribution is 2.33. The lowest BCUT2D eigenvalue weighted by atomic mass is 10.2. The van der Waals surface area contributed by atoms with Gasteiger partial charge >= 0.3 is 0 Å². The van der Waals surface area contributed by atoms with Crippen LogP contribution < -0.4 is 14.8 Å². The zero-order valence-corrected chi connectivity index (χ0v) is 19.7. The minimum Gasteiger partial charge on any atom is -0.454 e. The van der Waals surface area contributed by atoms with Crippen LogP contribution in [0.3, 0.4) is 0 Å². The predicted molar refractivity (Wildman–Crippen MR) is 129 cm³/mol. The van der Waals surface area contributed by atoms with E-state index in [0.29, 0.717) is 34.0 Å². The van der Waals surface area contributed by atoms with Crippen LogP contribution in [0.25, 0.3) is 17.1 Å². The molecule has 1 aliphatic rings. The first-order valence-corrected chi connectivity index (χ1v) is 11.8. The van der Waals surface area contributed by atoms with Gasteiger partial charge in [0.25, 0.3) is 0 Å². The third-order valence-electron chi connectivity index (χ3n) is 5.21. The quantitative estimate of drug-likeness (QED) is 0.379. The molecule has 1 atom stereocenters. The van der Waals surface area contributed by atoms with Crippen molar-refractivity contribution in [2.24, 2.45) is 0 Å². The number of hydrogen-bond donors (Lipinski definition) is 1. The number of carbonyl (C=O) groups is 1. The van der Waals surface area contributed by atoms with E-state index in [2.05, 4.69) is 20.5 Å². The number of amides is 1. The molecule has 5 rings (SSSR count). The van der Waals surface area contributed by atoms with E-state index in [0.717, 1.165) is 16.8 Å². The summed E-state index contributed by atoms with van der Waals surface area (Å²) in [7, 11) is 0. The first-order chi connectivity index (χ1) is 16.6. The topological polar surface area (TPSA) is 91.2 Å². The molecule has 1 N–H and O–H groups in total. The van der Waals surface area contributed by atoms with Gasteiger partial charge in [-0.1, -0.05) is 29.4 Å². The minimum atomic E-state index is -0.408. The van der Waals surface area contributed by atoms with Gasteiger partial charge in [-0.2, -0.15) is 0 Å². The lowest BCUT2D eigenvalue weighted by molar-refractivity contribution is -0.120. The number of nitrogens with zero attached hydrogens (tertiary/aromatic N) is 4. The summed E-state index contributed by atoms with van der Waals surface area (Å²) in [6.07, 6.45) is 3.41. The van der Waals surface area contributed by atoms with Crippen molar-refractivity contribution in [3.05, 3.63) is 77.6 Å². The number of aromatic nitrogens is 4. The number of thioether (sulfide) groups is 1. The van der Waals surface area contributed by atoms with E-state index in [9.17, 15) is 4.79 Å². The highest BCUT2D eigenvalue weighted by atomic mass is 35.5. The first kappa shape index (κ1) is 22.2. The van der Waals surface area contributed by atoms with Crippen molar-refractivity contribution < 1.29 is 14.3 Å². The Morgan fingerprint density at radius 3 is 2.65 bits per heavy atom. The van der Waals surface area contributed by atoms with Gasteiger partial charge in [-0.3, -0.25) is 14.3 Å². The third kappa shape index (κ3) is 4.71. The highest BCUT2D eigenvalue weighted by Gasteiger charge is 2.22. The summed E-state index contributed by atoms with van der Waals surface area (Å²) in [6, 6.07) is 16.8. The van der Waals surface area contributed by atoms with E-state index >= 15 is 0 Å². The molecule has 4 aromatic rings. The van der Waals surface area contributed by atoms with Gasteiger partial charge in [-0.25, -0.2) is 0 Å². The Bertz CT molecular complexity index is 1310. The van der Waals surface area contributed by atoms with E-state index in [1.54, 1.807) is 12.4 Å². The molecule has 0 bridgehead atoms. The van der Waals surface area contributed by atoms with E-state index in [1.807, 2.05) is 66.1 Å². The van der Waals surface area contributed by atoms with Crippen LogP contribution >= 0.6 is 23.4 Å². The van der Waals surface area contributed by atoms with Gasteiger partial charge < -0.3 is 14.8 Å². The molecule has 0 radical (unpaired) electrons. The Labute approximate surface area is 205 Å². The van der Waals surface area contributed by atoms with Crippen LogP contribution in [0, 0.1) is 0 Å². The molecule has 1 aliphatic heterocycles. The normalized spacial score (nSPS) is 13.0. The molecular formula is C24H20ClN5O3S. The second-order valence-corrected chi connectivity index (χ2v) is 9.26. The predicted octanol–water partition coefficient (Wildman–Crippen LogP) is 4.51. The summed E-state index contributed by atoms with van der Waals surface area (Å²) in [5.74, 6) is 1.94. The number of rotatable bonds is 7. The monoisotopic (exact) mass is 493 g/mol. The van der Waals surface area contributed by atoms with Gasteiger partial charge in [0.2, 0.25) is 12.7 Å². The minimum absolute atomic E-state index is 0.112. The van der Waals surface area contributed by atoms with Crippen LogP contribution in [0.2, 0.25) is 5.02 Å². The lowest BCUT2D eigenvalue weighted by Crippen LogP contribution is -2.30. The lowest BCUT2D eigenvalue weighted by Gasteiger charge is -2.14. The molecule has 1 amide bonds. The summed E-state index contributed by atoms with van der Waals surface area (Å²) in [5.41, 5.74) is 2.64. The average Bonchev–Trinajstić information content (AvgIpc) is 3.50. The number of ether oxygens (including phenoxy) is 2. The second-order valence-electron chi connectivity index (χ2n) is 7.52. The molecule has 172 valence electrons. The standard InChI is InChI=1S/C24H20ClN5O3S/c1-15(23(31)27-13-16-2-7-20-21(12-16)33-14-32-20)34-24-29-28-22(17-8-10-26-11-9-17)30(24)19-5-3-18(25)4-6-19/h2-12,15H,13-14H2,1H3,(H,27,31)/t15-/m1/s1. The number of halogens is 1. The largest absolute Gasteiger partial charge is 0.454 e. The molecule has 2 aromatic carbocycles. The Hall–Kier alpha value is -3.56. The van der Waals surface area contributed by atoms with Crippen molar-refractivity contribution in [3.63, 3.8) is 0 Å². The van der Waals surface area contributed by atoms with E-state index in [-0.39, 0.29) is 12.7 Å². The molecule has 0 unspecified atom stereocenters.